The fourth-order valence-corrected chi connectivity index (χ4v) is 1.57. The molecule has 0 spiro atoms. The quantitative estimate of drug-likeness (QED) is 0.413. The smallest absolute Gasteiger partial charge is 0.0672 e. The Hall–Kier alpha value is -1.51. The average Bonchev–Trinajstić information content (AvgIpc) is 2.27. The number of hydrogen-bond acceptors (Lipinski definition) is 2. The van der Waals surface area contributed by atoms with Gasteiger partial charge < -0.3 is 4.74 Å². The highest BCUT2D eigenvalue weighted by Crippen LogP contribution is 2.26. The Kier molecular flexibility index (Phi) is 4.68. The van der Waals surface area contributed by atoms with Crippen LogP contribution in [0.1, 0.15) is 18.5 Å². The van der Waals surface area contributed by atoms with Gasteiger partial charge in [-0.15, -0.1) is 0 Å². The summed E-state index contributed by atoms with van der Waals surface area (Å²) >= 11 is 0. The van der Waals surface area contributed by atoms with E-state index in [4.69, 9.17) is 10.3 Å². The molecule has 1 rings (SSSR count). The van der Waals surface area contributed by atoms with Crippen molar-refractivity contribution in [1.29, 1.82) is 0 Å². The standard InChI is InChI=1S/C11H15N3O/c1-9(8-15-2)11(13-14-12)10-6-4-3-5-7-10/h3-7,9,11H,8H2,1-2H3. The van der Waals surface area contributed by atoms with Gasteiger partial charge in [0.15, 0.2) is 0 Å². The predicted molar refractivity (Wildman–Crippen MR) is 59.4 cm³/mol. The average molecular weight is 205 g/mol. The Morgan fingerprint density at radius 1 is 1.40 bits per heavy atom. The maximum atomic E-state index is 8.53. The van der Waals surface area contributed by atoms with Crippen molar-refractivity contribution in [1.82, 2.24) is 0 Å². The first kappa shape index (κ1) is 11.6. The second-order valence-corrected chi connectivity index (χ2v) is 3.49. The first-order valence-corrected chi connectivity index (χ1v) is 4.87. The molecule has 2 unspecified atom stereocenters. The van der Waals surface area contributed by atoms with Crippen molar-refractivity contribution in [3.63, 3.8) is 0 Å². The van der Waals surface area contributed by atoms with Gasteiger partial charge in [0, 0.05) is 18.6 Å². The van der Waals surface area contributed by atoms with E-state index < -0.39 is 0 Å². The van der Waals surface area contributed by atoms with Gasteiger partial charge in [0.2, 0.25) is 0 Å². The minimum absolute atomic E-state index is 0.156. The summed E-state index contributed by atoms with van der Waals surface area (Å²) in [6.45, 7) is 2.59. The molecule has 0 aliphatic carbocycles. The number of ether oxygens (including phenoxy) is 1. The number of hydrogen-bond donors (Lipinski definition) is 0. The van der Waals surface area contributed by atoms with E-state index in [9.17, 15) is 0 Å². The van der Waals surface area contributed by atoms with Crippen LogP contribution in [0.2, 0.25) is 0 Å². The van der Waals surface area contributed by atoms with Gasteiger partial charge in [0.1, 0.15) is 0 Å². The maximum absolute atomic E-state index is 8.53. The summed E-state index contributed by atoms with van der Waals surface area (Å²) < 4.78 is 5.07. The summed E-state index contributed by atoms with van der Waals surface area (Å²) in [4.78, 5) is 2.89. The van der Waals surface area contributed by atoms with Crippen molar-refractivity contribution in [3.8, 4) is 0 Å². The lowest BCUT2D eigenvalue weighted by Crippen LogP contribution is -2.12. The van der Waals surface area contributed by atoms with Gasteiger partial charge in [-0.3, -0.25) is 0 Å². The van der Waals surface area contributed by atoms with Gasteiger partial charge >= 0.3 is 0 Å². The number of rotatable bonds is 5. The van der Waals surface area contributed by atoms with Gasteiger partial charge in [0.25, 0.3) is 0 Å². The van der Waals surface area contributed by atoms with E-state index in [-0.39, 0.29) is 12.0 Å². The van der Waals surface area contributed by atoms with Crippen LogP contribution < -0.4 is 0 Å². The molecule has 0 aliphatic heterocycles. The Morgan fingerprint density at radius 3 is 2.60 bits per heavy atom. The minimum atomic E-state index is -0.156. The highest BCUT2D eigenvalue weighted by atomic mass is 16.5. The topological polar surface area (TPSA) is 58.0 Å². The van der Waals surface area contributed by atoms with Gasteiger partial charge in [-0.1, -0.05) is 42.4 Å². The highest BCUT2D eigenvalue weighted by Gasteiger charge is 2.17. The number of benzene rings is 1. The van der Waals surface area contributed by atoms with E-state index in [2.05, 4.69) is 10.0 Å². The zero-order valence-electron chi connectivity index (χ0n) is 9.00. The van der Waals surface area contributed by atoms with E-state index in [1.165, 1.54) is 0 Å². The molecule has 15 heavy (non-hydrogen) atoms. The van der Waals surface area contributed by atoms with Crippen LogP contribution in [-0.4, -0.2) is 13.7 Å². The Labute approximate surface area is 89.5 Å². The van der Waals surface area contributed by atoms with E-state index >= 15 is 0 Å². The third-order valence-corrected chi connectivity index (χ3v) is 2.29. The maximum Gasteiger partial charge on any atom is 0.0672 e. The van der Waals surface area contributed by atoms with Gasteiger partial charge in [-0.25, -0.2) is 0 Å². The van der Waals surface area contributed by atoms with Gasteiger partial charge in [0.05, 0.1) is 6.04 Å². The molecule has 4 heteroatoms. The lowest BCUT2D eigenvalue weighted by atomic mass is 9.96. The van der Waals surface area contributed by atoms with Crippen LogP contribution in [0, 0.1) is 5.92 Å². The molecular weight excluding hydrogens is 190 g/mol. The molecule has 0 N–H and O–H groups in total. The summed E-state index contributed by atoms with van der Waals surface area (Å²) in [6.07, 6.45) is 0. The number of methoxy groups -OCH3 is 1. The third kappa shape index (κ3) is 3.27. The van der Waals surface area contributed by atoms with E-state index in [0.717, 1.165) is 5.56 Å². The third-order valence-electron chi connectivity index (χ3n) is 2.29. The lowest BCUT2D eigenvalue weighted by molar-refractivity contribution is 0.147. The molecule has 1 aromatic carbocycles. The highest BCUT2D eigenvalue weighted by molar-refractivity contribution is 5.19. The predicted octanol–water partition coefficient (Wildman–Crippen LogP) is 3.32. The summed E-state index contributed by atoms with van der Waals surface area (Å²) in [7, 11) is 1.65. The molecule has 0 radical (unpaired) electrons. The molecule has 0 fully saturated rings. The Balaban J connectivity index is 2.87. The molecule has 0 aromatic heterocycles. The summed E-state index contributed by atoms with van der Waals surface area (Å²) in [6, 6.07) is 9.59. The van der Waals surface area contributed by atoms with Crippen molar-refractivity contribution >= 4 is 0 Å². The Morgan fingerprint density at radius 2 is 2.07 bits per heavy atom. The first-order valence-electron chi connectivity index (χ1n) is 4.87. The van der Waals surface area contributed by atoms with E-state index in [1.54, 1.807) is 7.11 Å². The fraction of sp³-hybridized carbons (Fsp3) is 0.455. The van der Waals surface area contributed by atoms with Crippen molar-refractivity contribution in [3.05, 3.63) is 46.3 Å². The lowest BCUT2D eigenvalue weighted by Gasteiger charge is -2.18. The van der Waals surface area contributed by atoms with Crippen LogP contribution in [0.4, 0.5) is 0 Å². The molecule has 0 amide bonds. The van der Waals surface area contributed by atoms with Crippen molar-refractivity contribution in [2.45, 2.75) is 13.0 Å². The number of nitrogens with zero attached hydrogens (tertiary/aromatic N) is 3. The summed E-state index contributed by atoms with van der Waals surface area (Å²) in [5, 5.41) is 3.81. The molecule has 0 bridgehead atoms. The Bertz CT molecular complexity index is 333. The largest absolute Gasteiger partial charge is 0.384 e. The molecule has 0 aliphatic rings. The zero-order chi connectivity index (χ0) is 11.1. The van der Waals surface area contributed by atoms with Crippen LogP contribution in [0.5, 0.6) is 0 Å². The molecule has 1 aromatic rings. The van der Waals surface area contributed by atoms with Crippen LogP contribution in [-0.2, 0) is 4.74 Å². The minimum Gasteiger partial charge on any atom is -0.384 e. The summed E-state index contributed by atoms with van der Waals surface area (Å²) in [5.74, 6) is 0.174. The second kappa shape index (κ2) is 6.06. The molecule has 80 valence electrons. The normalized spacial score (nSPS) is 14.0. The number of azide groups is 1. The van der Waals surface area contributed by atoms with Gasteiger partial charge in [-0.05, 0) is 17.0 Å². The molecule has 0 heterocycles. The van der Waals surface area contributed by atoms with E-state index in [1.807, 2.05) is 37.3 Å². The monoisotopic (exact) mass is 205 g/mol. The molecule has 2 atom stereocenters. The fourth-order valence-electron chi connectivity index (χ4n) is 1.57. The summed E-state index contributed by atoms with van der Waals surface area (Å²) in [5.41, 5.74) is 9.56. The molecule has 4 nitrogen and oxygen atoms in total. The molecule has 0 saturated carbocycles. The SMILES string of the molecule is COCC(C)C(N=[N+]=[N-])c1ccccc1. The van der Waals surface area contributed by atoms with Crippen molar-refractivity contribution < 1.29 is 4.74 Å². The van der Waals surface area contributed by atoms with Crippen molar-refractivity contribution in [2.75, 3.05) is 13.7 Å². The van der Waals surface area contributed by atoms with Crippen LogP contribution >= 0.6 is 0 Å². The second-order valence-electron chi connectivity index (χ2n) is 3.49. The molecular formula is C11H15N3O. The van der Waals surface area contributed by atoms with Crippen LogP contribution in [0.25, 0.3) is 10.4 Å². The van der Waals surface area contributed by atoms with E-state index in [0.29, 0.717) is 6.61 Å². The van der Waals surface area contributed by atoms with Crippen molar-refractivity contribution in [2.24, 2.45) is 11.0 Å². The first-order chi connectivity index (χ1) is 7.29. The molecule has 0 saturated heterocycles. The van der Waals surface area contributed by atoms with Crippen LogP contribution in [0.15, 0.2) is 35.4 Å². The van der Waals surface area contributed by atoms with Gasteiger partial charge in [-0.2, -0.15) is 0 Å². The zero-order valence-corrected chi connectivity index (χ0v) is 9.00. The van der Waals surface area contributed by atoms with Crippen LogP contribution in [0.3, 0.4) is 0 Å².